The van der Waals surface area contributed by atoms with E-state index in [0.29, 0.717) is 26.3 Å². The largest absolute Gasteiger partial charge is 0.436 e. The third-order valence-corrected chi connectivity index (χ3v) is 2.74. The van der Waals surface area contributed by atoms with Crippen molar-refractivity contribution < 1.29 is 37.1 Å². The highest BCUT2D eigenvalue weighted by atomic mass is 19.4. The van der Waals surface area contributed by atoms with Crippen molar-refractivity contribution in [2.75, 3.05) is 26.3 Å². The normalized spacial score (nSPS) is 16.1. The summed E-state index contributed by atoms with van der Waals surface area (Å²) < 4.78 is 46.8. The van der Waals surface area contributed by atoms with Crippen molar-refractivity contribution >= 4 is 11.9 Å². The summed E-state index contributed by atoms with van der Waals surface area (Å²) in [4.78, 5) is 27.7. The fraction of sp³-hybridized carbons (Fsp3) is 0.385. The van der Waals surface area contributed by atoms with Crippen molar-refractivity contribution in [2.24, 2.45) is 0 Å². The molecule has 0 N–H and O–H groups in total. The van der Waals surface area contributed by atoms with E-state index in [2.05, 4.69) is 4.74 Å². The number of hydrogen-bond donors (Lipinski definition) is 0. The van der Waals surface area contributed by atoms with Crippen LogP contribution in [-0.4, -0.2) is 43.3 Å². The van der Waals surface area contributed by atoms with E-state index in [-0.39, 0.29) is 5.75 Å². The number of morpholine rings is 1. The van der Waals surface area contributed by atoms with Crippen LogP contribution in [0.5, 0.6) is 5.75 Å². The van der Waals surface area contributed by atoms with E-state index in [4.69, 9.17) is 9.57 Å². The number of halogens is 3. The monoisotopic (exact) mass is 319 g/mol. The van der Waals surface area contributed by atoms with Crippen LogP contribution in [0, 0.1) is 0 Å². The highest BCUT2D eigenvalue weighted by Gasteiger charge is 2.30. The Hall–Kier alpha value is -2.13. The van der Waals surface area contributed by atoms with Crippen molar-refractivity contribution in [3.63, 3.8) is 0 Å². The maximum absolute atomic E-state index is 12.4. The minimum Gasteiger partial charge on any atom is -0.418 e. The van der Waals surface area contributed by atoms with Gasteiger partial charge in [-0.25, -0.2) is 9.59 Å². The molecule has 120 valence electrons. The van der Waals surface area contributed by atoms with Gasteiger partial charge in [-0.3, -0.25) is 0 Å². The van der Waals surface area contributed by atoms with Crippen LogP contribution < -0.4 is 4.74 Å². The van der Waals surface area contributed by atoms with Crippen LogP contribution in [0.15, 0.2) is 24.3 Å². The number of carbonyl (C=O) groups excluding carboxylic acids is 2. The van der Waals surface area contributed by atoms with Gasteiger partial charge in [0.2, 0.25) is 0 Å². The summed E-state index contributed by atoms with van der Waals surface area (Å²) in [6.07, 6.45) is -4.49. The first-order chi connectivity index (χ1) is 10.4. The average molecular weight is 319 g/mol. The van der Waals surface area contributed by atoms with Gasteiger partial charge in [0.25, 0.3) is 0 Å². The third kappa shape index (κ3) is 4.43. The van der Waals surface area contributed by atoms with E-state index in [1.54, 1.807) is 0 Å². The highest BCUT2D eigenvalue weighted by Crippen LogP contribution is 2.30. The zero-order valence-corrected chi connectivity index (χ0v) is 11.3. The molecule has 1 aliphatic heterocycles. The Labute approximate surface area is 123 Å². The number of rotatable bonds is 2. The summed E-state index contributed by atoms with van der Waals surface area (Å²) in [5.74, 6) is -2.75. The van der Waals surface area contributed by atoms with E-state index < -0.39 is 23.7 Å². The molecule has 0 atom stereocenters. The molecule has 1 aromatic rings. The van der Waals surface area contributed by atoms with Crippen molar-refractivity contribution in [3.05, 3.63) is 29.8 Å². The topological polar surface area (TPSA) is 65.1 Å². The Balaban J connectivity index is 1.89. The summed E-state index contributed by atoms with van der Waals surface area (Å²) in [5.41, 5.74) is -0.886. The fourth-order valence-corrected chi connectivity index (χ4v) is 1.65. The lowest BCUT2D eigenvalue weighted by Crippen LogP contribution is -2.40. The molecule has 0 unspecified atom stereocenters. The van der Waals surface area contributed by atoms with E-state index in [1.807, 2.05) is 0 Å². The first-order valence-electron chi connectivity index (χ1n) is 6.30. The lowest BCUT2D eigenvalue weighted by molar-refractivity contribution is -0.209. The molecule has 0 aromatic heterocycles. The minimum absolute atomic E-state index is 0.183. The quantitative estimate of drug-likeness (QED) is 0.466. The number of hydroxylamine groups is 2. The van der Waals surface area contributed by atoms with Gasteiger partial charge in [-0.2, -0.15) is 13.2 Å². The molecule has 2 rings (SSSR count). The number of hydrogen-bond acceptors (Lipinski definition) is 6. The Morgan fingerprint density at radius 2 is 1.64 bits per heavy atom. The minimum atomic E-state index is -4.49. The van der Waals surface area contributed by atoms with E-state index in [9.17, 15) is 22.8 Å². The molecule has 1 heterocycles. The van der Waals surface area contributed by atoms with Crippen LogP contribution in [0.3, 0.4) is 0 Å². The third-order valence-electron chi connectivity index (χ3n) is 2.74. The van der Waals surface area contributed by atoms with Crippen LogP contribution >= 0.6 is 0 Å². The van der Waals surface area contributed by atoms with E-state index >= 15 is 0 Å². The van der Waals surface area contributed by atoms with Crippen LogP contribution in [-0.2, 0) is 25.3 Å². The Bertz CT molecular complexity index is 538. The molecule has 1 saturated heterocycles. The van der Waals surface area contributed by atoms with Crippen LogP contribution in [0.4, 0.5) is 13.2 Å². The second-order valence-electron chi connectivity index (χ2n) is 4.33. The van der Waals surface area contributed by atoms with Crippen molar-refractivity contribution in [1.29, 1.82) is 0 Å². The van der Waals surface area contributed by atoms with Crippen LogP contribution in [0.25, 0.3) is 0 Å². The molecule has 0 bridgehead atoms. The predicted octanol–water partition coefficient (Wildman–Crippen LogP) is 1.40. The molecule has 0 spiro atoms. The van der Waals surface area contributed by atoms with Crippen molar-refractivity contribution in [2.45, 2.75) is 6.18 Å². The zero-order chi connectivity index (χ0) is 16.2. The van der Waals surface area contributed by atoms with Crippen molar-refractivity contribution in [1.82, 2.24) is 5.06 Å². The molecule has 1 aromatic carbocycles. The number of carbonyl (C=O) groups is 2. The van der Waals surface area contributed by atoms with Gasteiger partial charge in [-0.1, -0.05) is 0 Å². The molecule has 0 amide bonds. The number of ether oxygens (including phenoxy) is 2. The Kier molecular flexibility index (Phi) is 4.99. The second-order valence-corrected chi connectivity index (χ2v) is 4.33. The van der Waals surface area contributed by atoms with Gasteiger partial charge in [0.05, 0.1) is 31.9 Å². The molecule has 0 radical (unpaired) electrons. The van der Waals surface area contributed by atoms with Gasteiger partial charge in [-0.05, 0) is 24.3 Å². The van der Waals surface area contributed by atoms with Gasteiger partial charge in [-0.15, -0.1) is 5.06 Å². The maximum atomic E-state index is 12.4. The molecule has 0 aliphatic carbocycles. The predicted molar refractivity (Wildman–Crippen MR) is 65.6 cm³/mol. The van der Waals surface area contributed by atoms with Gasteiger partial charge < -0.3 is 14.3 Å². The summed E-state index contributed by atoms with van der Waals surface area (Å²) in [7, 11) is 0. The Morgan fingerprint density at radius 1 is 1.05 bits per heavy atom. The standard InChI is InChI=1S/C13H12F3NO5/c14-13(15,16)9-1-3-10(4-2-9)21-11(18)12(19)22-17-5-7-20-8-6-17/h1-4H,5-8H2. The summed E-state index contributed by atoms with van der Waals surface area (Å²) >= 11 is 0. The Morgan fingerprint density at radius 3 is 2.18 bits per heavy atom. The number of esters is 1. The molecule has 0 saturated carbocycles. The zero-order valence-electron chi connectivity index (χ0n) is 11.3. The maximum Gasteiger partial charge on any atom is 0.436 e. The second kappa shape index (κ2) is 6.75. The molecule has 22 heavy (non-hydrogen) atoms. The summed E-state index contributed by atoms with van der Waals surface area (Å²) in [6, 6.07) is 3.39. The molecule has 6 nitrogen and oxygen atoms in total. The molecule has 9 heteroatoms. The summed E-state index contributed by atoms with van der Waals surface area (Å²) in [6.45, 7) is 1.36. The van der Waals surface area contributed by atoms with Crippen molar-refractivity contribution in [3.8, 4) is 5.75 Å². The first-order valence-corrected chi connectivity index (χ1v) is 6.30. The lowest BCUT2D eigenvalue weighted by atomic mass is 10.2. The first kappa shape index (κ1) is 16.2. The van der Waals surface area contributed by atoms with Crippen LogP contribution in [0.2, 0.25) is 0 Å². The van der Waals surface area contributed by atoms with E-state index in [1.165, 1.54) is 5.06 Å². The molecular formula is C13H12F3NO5. The molecule has 1 aliphatic rings. The van der Waals surface area contributed by atoms with Crippen LogP contribution in [0.1, 0.15) is 5.56 Å². The lowest BCUT2D eigenvalue weighted by Gasteiger charge is -2.24. The SMILES string of the molecule is O=C(Oc1ccc(C(F)(F)F)cc1)C(=O)ON1CCOCC1. The van der Waals surface area contributed by atoms with Gasteiger partial charge >= 0.3 is 18.1 Å². The number of benzene rings is 1. The fourth-order valence-electron chi connectivity index (χ4n) is 1.65. The smallest absolute Gasteiger partial charge is 0.418 e. The van der Waals surface area contributed by atoms with Gasteiger partial charge in [0.1, 0.15) is 5.75 Å². The number of nitrogens with zero attached hydrogens (tertiary/aromatic N) is 1. The van der Waals surface area contributed by atoms with Gasteiger partial charge in [0.15, 0.2) is 0 Å². The molecular weight excluding hydrogens is 307 g/mol. The highest BCUT2D eigenvalue weighted by molar-refractivity contribution is 6.30. The molecule has 1 fully saturated rings. The van der Waals surface area contributed by atoms with Gasteiger partial charge in [0, 0.05) is 0 Å². The average Bonchev–Trinajstić information content (AvgIpc) is 2.48. The summed E-state index contributed by atoms with van der Waals surface area (Å²) in [5, 5.41) is 1.25. The number of alkyl halides is 3. The van der Waals surface area contributed by atoms with E-state index in [0.717, 1.165) is 24.3 Å².